The number of ether oxygens (including phenoxy) is 1. The molecule has 0 saturated heterocycles. The smallest absolute Gasteiger partial charge is 0.221 e. The van der Waals surface area contributed by atoms with Gasteiger partial charge in [0.25, 0.3) is 0 Å². The molecule has 0 radical (unpaired) electrons. The molecule has 12 heavy (non-hydrogen) atoms. The lowest BCUT2D eigenvalue weighted by Crippen LogP contribution is -2.36. The Labute approximate surface area is 72.3 Å². The van der Waals surface area contributed by atoms with Crippen LogP contribution in [0.2, 0.25) is 0 Å². The topological polar surface area (TPSA) is 52.3 Å². The maximum atomic E-state index is 10.8. The van der Waals surface area contributed by atoms with Crippen LogP contribution in [0.25, 0.3) is 0 Å². The molecule has 0 aromatic carbocycles. The van der Waals surface area contributed by atoms with E-state index in [0.717, 1.165) is 25.9 Å². The van der Waals surface area contributed by atoms with E-state index in [9.17, 15) is 4.79 Å². The lowest BCUT2D eigenvalue weighted by molar-refractivity contribution is -0.121. The molecule has 0 bridgehead atoms. The van der Waals surface area contributed by atoms with Crippen molar-refractivity contribution in [3.05, 3.63) is 0 Å². The Hall–Kier alpha value is -0.570. The molecule has 2 aliphatic carbocycles. The van der Waals surface area contributed by atoms with Gasteiger partial charge in [0, 0.05) is 12.5 Å². The van der Waals surface area contributed by atoms with Gasteiger partial charge in [0.15, 0.2) is 0 Å². The maximum Gasteiger partial charge on any atom is 0.221 e. The van der Waals surface area contributed by atoms with E-state index in [2.05, 4.69) is 0 Å². The van der Waals surface area contributed by atoms with E-state index in [1.807, 2.05) is 6.92 Å². The van der Waals surface area contributed by atoms with Crippen molar-refractivity contribution in [2.24, 2.45) is 17.1 Å². The largest absolute Gasteiger partial charge is 0.378 e. The lowest BCUT2D eigenvalue weighted by Gasteiger charge is -2.36. The van der Waals surface area contributed by atoms with Gasteiger partial charge in [-0.1, -0.05) is 0 Å². The lowest BCUT2D eigenvalue weighted by atomic mass is 9.77. The van der Waals surface area contributed by atoms with Crippen LogP contribution in [0.4, 0.5) is 0 Å². The van der Waals surface area contributed by atoms with Crippen molar-refractivity contribution in [2.45, 2.75) is 32.3 Å². The first kappa shape index (κ1) is 8.05. The molecule has 1 unspecified atom stereocenters. The van der Waals surface area contributed by atoms with Crippen LogP contribution >= 0.6 is 0 Å². The van der Waals surface area contributed by atoms with Gasteiger partial charge in [-0.05, 0) is 31.6 Å². The highest BCUT2D eigenvalue weighted by atomic mass is 16.5. The Kier molecular flexibility index (Phi) is 1.65. The predicted molar refractivity (Wildman–Crippen MR) is 44.4 cm³/mol. The summed E-state index contributed by atoms with van der Waals surface area (Å²) in [5.74, 6) is 0.0409. The van der Waals surface area contributed by atoms with Crippen molar-refractivity contribution >= 4 is 5.91 Å². The van der Waals surface area contributed by atoms with Gasteiger partial charge in [-0.2, -0.15) is 0 Å². The van der Waals surface area contributed by atoms with E-state index in [1.54, 1.807) is 0 Å². The van der Waals surface area contributed by atoms with Crippen LogP contribution in [0.3, 0.4) is 0 Å². The van der Waals surface area contributed by atoms with Gasteiger partial charge in [-0.25, -0.2) is 0 Å². The Balaban J connectivity index is 1.79. The molecule has 1 atom stereocenters. The normalized spacial score (nSPS) is 44.1. The summed E-state index contributed by atoms with van der Waals surface area (Å²) in [7, 11) is 0. The molecule has 0 aromatic heterocycles. The molecule has 3 nitrogen and oxygen atoms in total. The molecule has 2 N–H and O–H groups in total. The SMILES string of the molecule is CCOC1CC2(C1)CC2C(N)=O. The molecular formula is C9H15NO2. The molecule has 68 valence electrons. The summed E-state index contributed by atoms with van der Waals surface area (Å²) >= 11 is 0. The number of hydrogen-bond acceptors (Lipinski definition) is 2. The van der Waals surface area contributed by atoms with Crippen LogP contribution in [-0.4, -0.2) is 18.6 Å². The molecular weight excluding hydrogens is 154 g/mol. The van der Waals surface area contributed by atoms with Crippen LogP contribution in [0.1, 0.15) is 26.2 Å². The van der Waals surface area contributed by atoms with Crippen molar-refractivity contribution in [2.75, 3.05) is 6.61 Å². The second-order valence-electron chi connectivity index (χ2n) is 4.01. The minimum Gasteiger partial charge on any atom is -0.378 e. The van der Waals surface area contributed by atoms with E-state index >= 15 is 0 Å². The highest BCUT2D eigenvalue weighted by Crippen LogP contribution is 2.65. The zero-order chi connectivity index (χ0) is 8.77. The standard InChI is InChI=1S/C9H15NO2/c1-2-12-6-3-9(4-6)5-7(9)8(10)11/h6-7H,2-5H2,1H3,(H2,10,11). The third kappa shape index (κ3) is 1.04. The Morgan fingerprint density at radius 2 is 2.25 bits per heavy atom. The summed E-state index contributed by atoms with van der Waals surface area (Å²) in [5, 5.41) is 0. The zero-order valence-corrected chi connectivity index (χ0v) is 7.38. The Morgan fingerprint density at radius 1 is 1.58 bits per heavy atom. The van der Waals surface area contributed by atoms with Crippen molar-refractivity contribution in [3.8, 4) is 0 Å². The summed E-state index contributed by atoms with van der Waals surface area (Å²) in [6.45, 7) is 2.78. The van der Waals surface area contributed by atoms with E-state index in [4.69, 9.17) is 10.5 Å². The van der Waals surface area contributed by atoms with Crippen LogP contribution in [-0.2, 0) is 9.53 Å². The fraction of sp³-hybridized carbons (Fsp3) is 0.889. The second-order valence-corrected chi connectivity index (χ2v) is 4.01. The van der Waals surface area contributed by atoms with Gasteiger partial charge in [0.1, 0.15) is 0 Å². The van der Waals surface area contributed by atoms with Crippen LogP contribution in [0, 0.1) is 11.3 Å². The minimum atomic E-state index is -0.120. The van der Waals surface area contributed by atoms with Gasteiger partial charge in [0.05, 0.1) is 6.10 Å². The number of primary amides is 1. The van der Waals surface area contributed by atoms with Gasteiger partial charge in [-0.15, -0.1) is 0 Å². The van der Waals surface area contributed by atoms with Gasteiger partial charge in [0.2, 0.25) is 5.91 Å². The van der Waals surface area contributed by atoms with Crippen molar-refractivity contribution in [1.29, 1.82) is 0 Å². The molecule has 0 aromatic rings. The van der Waals surface area contributed by atoms with Crippen molar-refractivity contribution < 1.29 is 9.53 Å². The third-order valence-corrected chi connectivity index (χ3v) is 3.20. The van der Waals surface area contributed by atoms with E-state index in [-0.39, 0.29) is 17.2 Å². The summed E-state index contributed by atoms with van der Waals surface area (Å²) in [6.07, 6.45) is 3.51. The molecule has 2 saturated carbocycles. The zero-order valence-electron chi connectivity index (χ0n) is 7.38. The van der Waals surface area contributed by atoms with Crippen molar-refractivity contribution in [3.63, 3.8) is 0 Å². The quantitative estimate of drug-likeness (QED) is 0.675. The van der Waals surface area contributed by atoms with Gasteiger partial charge >= 0.3 is 0 Å². The highest BCUT2D eigenvalue weighted by Gasteiger charge is 2.64. The molecule has 2 rings (SSSR count). The molecule has 2 fully saturated rings. The monoisotopic (exact) mass is 169 g/mol. The number of amides is 1. The number of hydrogen-bond donors (Lipinski definition) is 1. The molecule has 0 heterocycles. The predicted octanol–water partition coefficient (Wildman–Crippen LogP) is 0.677. The number of carbonyl (C=O) groups is 1. The number of rotatable bonds is 3. The molecule has 1 amide bonds. The Bertz CT molecular complexity index is 209. The van der Waals surface area contributed by atoms with Gasteiger partial charge < -0.3 is 10.5 Å². The number of carbonyl (C=O) groups excluding carboxylic acids is 1. The first-order valence-electron chi connectivity index (χ1n) is 4.59. The maximum absolute atomic E-state index is 10.8. The molecule has 2 aliphatic rings. The third-order valence-electron chi connectivity index (χ3n) is 3.20. The second kappa shape index (κ2) is 2.46. The van der Waals surface area contributed by atoms with Crippen molar-refractivity contribution in [1.82, 2.24) is 0 Å². The first-order chi connectivity index (χ1) is 5.68. The average molecular weight is 169 g/mol. The minimum absolute atomic E-state index is 0.120. The average Bonchev–Trinajstić information content (AvgIpc) is 2.62. The summed E-state index contributed by atoms with van der Waals surface area (Å²) in [5.41, 5.74) is 5.51. The molecule has 1 spiro atoms. The summed E-state index contributed by atoms with van der Waals surface area (Å²) < 4.78 is 5.43. The van der Waals surface area contributed by atoms with Crippen LogP contribution < -0.4 is 5.73 Å². The molecule has 3 heteroatoms. The fourth-order valence-corrected chi connectivity index (χ4v) is 2.40. The van der Waals surface area contributed by atoms with E-state index in [0.29, 0.717) is 6.10 Å². The first-order valence-corrected chi connectivity index (χ1v) is 4.59. The highest BCUT2D eigenvalue weighted by molar-refractivity contribution is 5.81. The van der Waals surface area contributed by atoms with E-state index in [1.165, 1.54) is 0 Å². The van der Waals surface area contributed by atoms with E-state index < -0.39 is 0 Å². The summed E-state index contributed by atoms with van der Waals surface area (Å²) in [4.78, 5) is 10.8. The Morgan fingerprint density at radius 3 is 2.67 bits per heavy atom. The van der Waals surface area contributed by atoms with Crippen LogP contribution in [0.5, 0.6) is 0 Å². The number of nitrogens with two attached hydrogens (primary N) is 1. The van der Waals surface area contributed by atoms with Crippen LogP contribution in [0.15, 0.2) is 0 Å². The van der Waals surface area contributed by atoms with Gasteiger partial charge in [-0.3, -0.25) is 4.79 Å². The fourth-order valence-electron chi connectivity index (χ4n) is 2.40. The molecule has 0 aliphatic heterocycles. The summed E-state index contributed by atoms with van der Waals surface area (Å²) in [6, 6.07) is 0.